The number of hydrogen-bond acceptors (Lipinski definition) is 5. The van der Waals surface area contributed by atoms with E-state index in [1.807, 2.05) is 4.90 Å². The number of thioether (sulfide) groups is 1. The number of carbonyl (C=O) groups is 1. The number of hydrogen-bond donors (Lipinski definition) is 2. The molecule has 0 aromatic heterocycles. The van der Waals surface area contributed by atoms with Crippen molar-refractivity contribution in [3.63, 3.8) is 0 Å². The fourth-order valence-electron chi connectivity index (χ4n) is 1.83. The smallest absolute Gasteiger partial charge is 0.258 e. The molecule has 0 saturated carbocycles. The van der Waals surface area contributed by atoms with E-state index in [0.29, 0.717) is 25.3 Å². The SMILES string of the molecule is O=C1CSC(N2CCC(O)C(CO)C2)=N1. The predicted octanol–water partition coefficient (Wildman–Crippen LogP) is -0.709. The Morgan fingerprint density at radius 3 is 3.00 bits per heavy atom. The number of amidine groups is 1. The zero-order valence-corrected chi connectivity index (χ0v) is 9.11. The van der Waals surface area contributed by atoms with Gasteiger partial charge >= 0.3 is 0 Å². The molecular weight excluding hydrogens is 216 g/mol. The van der Waals surface area contributed by atoms with Gasteiger partial charge in [-0.2, -0.15) is 4.99 Å². The molecule has 2 aliphatic heterocycles. The maximum Gasteiger partial charge on any atom is 0.258 e. The van der Waals surface area contributed by atoms with E-state index in [-0.39, 0.29) is 18.4 Å². The van der Waals surface area contributed by atoms with E-state index in [2.05, 4.69) is 4.99 Å². The summed E-state index contributed by atoms with van der Waals surface area (Å²) in [6.07, 6.45) is 0.188. The Kier molecular flexibility index (Phi) is 3.28. The van der Waals surface area contributed by atoms with Gasteiger partial charge < -0.3 is 15.1 Å². The van der Waals surface area contributed by atoms with Crippen molar-refractivity contribution in [1.29, 1.82) is 0 Å². The molecule has 2 rings (SSSR count). The summed E-state index contributed by atoms with van der Waals surface area (Å²) in [7, 11) is 0. The van der Waals surface area contributed by atoms with E-state index in [9.17, 15) is 9.90 Å². The zero-order valence-electron chi connectivity index (χ0n) is 8.30. The third-order valence-corrected chi connectivity index (χ3v) is 3.74. The van der Waals surface area contributed by atoms with Crippen molar-refractivity contribution < 1.29 is 15.0 Å². The summed E-state index contributed by atoms with van der Waals surface area (Å²) in [6, 6.07) is 0. The highest BCUT2D eigenvalue weighted by atomic mass is 32.2. The van der Waals surface area contributed by atoms with Gasteiger partial charge in [0.1, 0.15) is 0 Å². The molecule has 2 heterocycles. The molecule has 1 amide bonds. The average Bonchev–Trinajstić information content (AvgIpc) is 2.66. The Bertz CT molecular complexity index is 295. The number of amides is 1. The van der Waals surface area contributed by atoms with Crippen molar-refractivity contribution in [3.05, 3.63) is 0 Å². The number of carbonyl (C=O) groups excluding carboxylic acids is 1. The standard InChI is InChI=1S/C9H14N2O3S/c12-4-6-3-11(2-1-7(6)13)9-10-8(14)5-15-9/h6-7,12-13H,1-5H2. The van der Waals surface area contributed by atoms with Crippen LogP contribution in [-0.4, -0.2) is 57.7 Å². The largest absolute Gasteiger partial charge is 0.396 e. The predicted molar refractivity (Wildman–Crippen MR) is 57.7 cm³/mol. The maximum atomic E-state index is 11.0. The summed E-state index contributed by atoms with van der Waals surface area (Å²) in [4.78, 5) is 16.9. The topological polar surface area (TPSA) is 73.1 Å². The molecule has 15 heavy (non-hydrogen) atoms. The molecule has 0 spiro atoms. The van der Waals surface area contributed by atoms with Crippen LogP contribution in [0.15, 0.2) is 4.99 Å². The minimum Gasteiger partial charge on any atom is -0.396 e. The van der Waals surface area contributed by atoms with Crippen LogP contribution in [0.3, 0.4) is 0 Å². The fraction of sp³-hybridized carbons (Fsp3) is 0.778. The highest BCUT2D eigenvalue weighted by Gasteiger charge is 2.30. The van der Waals surface area contributed by atoms with Crippen molar-refractivity contribution in [2.45, 2.75) is 12.5 Å². The van der Waals surface area contributed by atoms with Crippen LogP contribution in [0.4, 0.5) is 0 Å². The molecule has 1 fully saturated rings. The number of aliphatic hydroxyl groups excluding tert-OH is 2. The van der Waals surface area contributed by atoms with Gasteiger partial charge in [-0.3, -0.25) is 4.79 Å². The normalized spacial score (nSPS) is 32.0. The van der Waals surface area contributed by atoms with Gasteiger partial charge in [0.05, 0.1) is 18.5 Å². The summed E-state index contributed by atoms with van der Waals surface area (Å²) in [5, 5.41) is 19.4. The van der Waals surface area contributed by atoms with Crippen LogP contribution < -0.4 is 0 Å². The molecule has 1 saturated heterocycles. The first-order valence-electron chi connectivity index (χ1n) is 4.99. The summed E-state index contributed by atoms with van der Waals surface area (Å²) in [5.41, 5.74) is 0. The Morgan fingerprint density at radius 1 is 1.60 bits per heavy atom. The van der Waals surface area contributed by atoms with Crippen molar-refractivity contribution in [3.8, 4) is 0 Å². The molecule has 2 atom stereocenters. The van der Waals surface area contributed by atoms with Gasteiger partial charge in [-0.05, 0) is 6.42 Å². The van der Waals surface area contributed by atoms with E-state index in [1.54, 1.807) is 0 Å². The summed E-state index contributed by atoms with van der Waals surface area (Å²) in [5.74, 6) is 0.192. The summed E-state index contributed by atoms with van der Waals surface area (Å²) < 4.78 is 0. The molecule has 2 aliphatic rings. The minimum absolute atomic E-state index is 0.0242. The molecular formula is C9H14N2O3S. The van der Waals surface area contributed by atoms with Crippen molar-refractivity contribution in [2.75, 3.05) is 25.4 Å². The molecule has 0 aliphatic carbocycles. The lowest BCUT2D eigenvalue weighted by molar-refractivity contribution is -0.115. The third-order valence-electron chi connectivity index (χ3n) is 2.74. The maximum absolute atomic E-state index is 11.0. The van der Waals surface area contributed by atoms with Gasteiger partial charge in [0.15, 0.2) is 5.17 Å². The van der Waals surface area contributed by atoms with E-state index in [1.165, 1.54) is 11.8 Å². The minimum atomic E-state index is -0.436. The lowest BCUT2D eigenvalue weighted by Crippen LogP contribution is -2.46. The number of nitrogens with zero attached hydrogens (tertiary/aromatic N) is 2. The second-order valence-electron chi connectivity index (χ2n) is 3.82. The van der Waals surface area contributed by atoms with Gasteiger partial charge in [-0.1, -0.05) is 11.8 Å². The molecule has 0 radical (unpaired) electrons. The molecule has 84 valence electrons. The zero-order chi connectivity index (χ0) is 10.8. The van der Waals surface area contributed by atoms with Crippen LogP contribution in [0.25, 0.3) is 0 Å². The highest BCUT2D eigenvalue weighted by molar-refractivity contribution is 8.14. The second-order valence-corrected chi connectivity index (χ2v) is 4.76. The number of rotatable bonds is 1. The molecule has 6 heteroatoms. The van der Waals surface area contributed by atoms with Crippen LogP contribution >= 0.6 is 11.8 Å². The first-order valence-corrected chi connectivity index (χ1v) is 5.97. The Balaban J connectivity index is 2.00. The molecule has 2 N–H and O–H groups in total. The Morgan fingerprint density at radius 2 is 2.40 bits per heavy atom. The van der Waals surface area contributed by atoms with Crippen LogP contribution in [0.1, 0.15) is 6.42 Å². The van der Waals surface area contributed by atoms with E-state index < -0.39 is 6.10 Å². The van der Waals surface area contributed by atoms with Crippen molar-refractivity contribution in [2.24, 2.45) is 10.9 Å². The van der Waals surface area contributed by atoms with Gasteiger partial charge in [-0.15, -0.1) is 0 Å². The van der Waals surface area contributed by atoms with Crippen LogP contribution in [0.5, 0.6) is 0 Å². The van der Waals surface area contributed by atoms with Gasteiger partial charge in [0.25, 0.3) is 5.91 Å². The quantitative estimate of drug-likeness (QED) is 0.622. The van der Waals surface area contributed by atoms with Crippen LogP contribution in [-0.2, 0) is 4.79 Å². The van der Waals surface area contributed by atoms with Crippen molar-refractivity contribution >= 4 is 22.8 Å². The lowest BCUT2D eigenvalue weighted by atomic mass is 9.96. The van der Waals surface area contributed by atoms with E-state index >= 15 is 0 Å². The van der Waals surface area contributed by atoms with Crippen LogP contribution in [0, 0.1) is 5.92 Å². The average molecular weight is 230 g/mol. The van der Waals surface area contributed by atoms with Crippen molar-refractivity contribution in [1.82, 2.24) is 4.90 Å². The van der Waals surface area contributed by atoms with E-state index in [4.69, 9.17) is 5.11 Å². The van der Waals surface area contributed by atoms with Gasteiger partial charge in [0, 0.05) is 19.0 Å². The second kappa shape index (κ2) is 4.51. The Hall–Kier alpha value is -0.590. The first kappa shape index (κ1) is 10.9. The number of aliphatic hydroxyl groups is 2. The number of likely N-dealkylation sites (tertiary alicyclic amines) is 1. The van der Waals surface area contributed by atoms with E-state index in [0.717, 1.165) is 5.17 Å². The molecule has 0 bridgehead atoms. The molecule has 0 aromatic carbocycles. The molecule has 0 aromatic rings. The fourth-order valence-corrected chi connectivity index (χ4v) is 2.66. The lowest BCUT2D eigenvalue weighted by Gasteiger charge is -2.35. The number of aliphatic imine (C=N–C) groups is 1. The Labute approximate surface area is 92.2 Å². The third kappa shape index (κ3) is 2.32. The summed E-state index contributed by atoms with van der Waals surface area (Å²) in [6.45, 7) is 1.26. The van der Waals surface area contributed by atoms with Crippen LogP contribution in [0.2, 0.25) is 0 Å². The van der Waals surface area contributed by atoms with Gasteiger partial charge in [0.2, 0.25) is 0 Å². The molecule has 5 nitrogen and oxygen atoms in total. The number of piperidine rings is 1. The first-order chi connectivity index (χ1) is 7.20. The highest BCUT2D eigenvalue weighted by Crippen LogP contribution is 2.23. The molecule has 2 unspecified atom stereocenters. The summed E-state index contributed by atoms with van der Waals surface area (Å²) >= 11 is 1.43. The monoisotopic (exact) mass is 230 g/mol. The van der Waals surface area contributed by atoms with Gasteiger partial charge in [-0.25, -0.2) is 0 Å².